The standard InChI is InChI=1S/C16H18IN3O5S/c1-16(2,3)25-15(22)20-12-8-9(4-7-11(12)13(17)18-20)14(21)19-26(23,24)10-5-6-10/h4,7-8,10H,5-6H2,1-3H3,(H,19,21). The van der Waals surface area contributed by atoms with Crippen molar-refractivity contribution >= 4 is 55.5 Å². The second kappa shape index (κ2) is 6.48. The van der Waals surface area contributed by atoms with Gasteiger partial charge >= 0.3 is 6.09 Å². The van der Waals surface area contributed by atoms with Crippen molar-refractivity contribution in [3.8, 4) is 0 Å². The van der Waals surface area contributed by atoms with Gasteiger partial charge < -0.3 is 4.74 Å². The molecule has 0 aliphatic heterocycles. The monoisotopic (exact) mass is 491 g/mol. The number of amides is 1. The molecule has 1 aromatic heterocycles. The molecule has 0 saturated heterocycles. The predicted molar refractivity (Wildman–Crippen MR) is 103 cm³/mol. The molecule has 2 aromatic rings. The van der Waals surface area contributed by atoms with Crippen LogP contribution in [-0.2, 0) is 14.8 Å². The van der Waals surface area contributed by atoms with Gasteiger partial charge in [0.05, 0.1) is 10.8 Å². The molecule has 0 radical (unpaired) electrons. The van der Waals surface area contributed by atoms with Gasteiger partial charge in [-0.15, -0.1) is 0 Å². The largest absolute Gasteiger partial charge is 0.442 e. The van der Waals surface area contributed by atoms with Crippen LogP contribution in [-0.4, -0.2) is 41.0 Å². The van der Waals surface area contributed by atoms with E-state index in [1.807, 2.05) is 22.6 Å². The highest BCUT2D eigenvalue weighted by Crippen LogP contribution is 2.28. The number of hydrogen-bond acceptors (Lipinski definition) is 6. The van der Waals surface area contributed by atoms with E-state index in [1.165, 1.54) is 12.1 Å². The van der Waals surface area contributed by atoms with Gasteiger partial charge in [0.15, 0.2) is 0 Å². The van der Waals surface area contributed by atoms with E-state index in [4.69, 9.17) is 4.74 Å². The van der Waals surface area contributed by atoms with Crippen LogP contribution < -0.4 is 4.72 Å². The minimum Gasteiger partial charge on any atom is -0.442 e. The minimum atomic E-state index is -3.65. The third-order valence-corrected chi connectivity index (χ3v) is 6.28. The molecule has 1 aliphatic rings. The van der Waals surface area contributed by atoms with Crippen molar-refractivity contribution in [2.24, 2.45) is 0 Å². The van der Waals surface area contributed by atoms with Crippen LogP contribution in [0.5, 0.6) is 0 Å². The van der Waals surface area contributed by atoms with Gasteiger partial charge in [-0.05, 0) is 74.4 Å². The number of sulfonamides is 1. The second-order valence-electron chi connectivity index (χ2n) is 7.09. The summed E-state index contributed by atoms with van der Waals surface area (Å²) < 4.78 is 33.0. The second-order valence-corrected chi connectivity index (χ2v) is 10.1. The van der Waals surface area contributed by atoms with Gasteiger partial charge in [0, 0.05) is 10.9 Å². The van der Waals surface area contributed by atoms with Crippen molar-refractivity contribution in [1.82, 2.24) is 14.5 Å². The van der Waals surface area contributed by atoms with Crippen molar-refractivity contribution in [3.63, 3.8) is 0 Å². The Labute approximate surface area is 164 Å². The minimum absolute atomic E-state index is 0.128. The Morgan fingerprint density at radius 3 is 2.54 bits per heavy atom. The van der Waals surface area contributed by atoms with Crippen molar-refractivity contribution in [1.29, 1.82) is 0 Å². The highest BCUT2D eigenvalue weighted by Gasteiger charge is 2.37. The number of rotatable bonds is 3. The number of ether oxygens (including phenoxy) is 1. The first-order chi connectivity index (χ1) is 12.0. The van der Waals surface area contributed by atoms with Gasteiger partial charge in [-0.1, -0.05) is 0 Å². The number of aromatic nitrogens is 2. The van der Waals surface area contributed by atoms with E-state index >= 15 is 0 Å². The smallest absolute Gasteiger partial charge is 0.435 e. The van der Waals surface area contributed by atoms with Crippen LogP contribution in [0.3, 0.4) is 0 Å². The number of hydrogen-bond donors (Lipinski definition) is 1. The summed E-state index contributed by atoms with van der Waals surface area (Å²) >= 11 is 1.98. The summed E-state index contributed by atoms with van der Waals surface area (Å²) in [6.07, 6.45) is 0.449. The first kappa shape index (κ1) is 19.1. The van der Waals surface area contributed by atoms with Gasteiger partial charge in [-0.3, -0.25) is 4.79 Å². The first-order valence-corrected chi connectivity index (χ1v) is 10.6. The van der Waals surface area contributed by atoms with Gasteiger partial charge in [0.1, 0.15) is 9.30 Å². The van der Waals surface area contributed by atoms with Crippen LogP contribution in [0.1, 0.15) is 44.0 Å². The van der Waals surface area contributed by atoms with Crippen LogP contribution in [0.4, 0.5) is 4.79 Å². The highest BCUT2D eigenvalue weighted by molar-refractivity contribution is 14.1. The van der Waals surface area contributed by atoms with Crippen LogP contribution in [0.25, 0.3) is 10.9 Å². The molecular weight excluding hydrogens is 473 g/mol. The molecule has 0 atom stereocenters. The zero-order chi connectivity index (χ0) is 19.3. The molecule has 1 aliphatic carbocycles. The molecule has 0 bridgehead atoms. The zero-order valence-corrected chi connectivity index (χ0v) is 17.4. The number of halogens is 1. The number of nitrogens with one attached hydrogen (secondary N) is 1. The molecule has 0 unspecified atom stereocenters. The summed E-state index contributed by atoms with van der Waals surface area (Å²) in [4.78, 5) is 24.7. The van der Waals surface area contributed by atoms with E-state index in [9.17, 15) is 18.0 Å². The summed E-state index contributed by atoms with van der Waals surface area (Å²) in [6, 6.07) is 4.57. The lowest BCUT2D eigenvalue weighted by Crippen LogP contribution is -2.33. The van der Waals surface area contributed by atoms with Gasteiger partial charge in [-0.25, -0.2) is 17.9 Å². The van der Waals surface area contributed by atoms with Crippen LogP contribution in [0, 0.1) is 3.70 Å². The van der Waals surface area contributed by atoms with Crippen molar-refractivity contribution in [3.05, 3.63) is 27.5 Å². The molecule has 1 aromatic carbocycles. The lowest BCUT2D eigenvalue weighted by molar-refractivity contribution is 0.0521. The third-order valence-electron chi connectivity index (χ3n) is 3.66. The fourth-order valence-corrected chi connectivity index (χ4v) is 4.28. The molecule has 1 saturated carbocycles. The number of nitrogens with zero attached hydrogens (tertiary/aromatic N) is 2. The Kier molecular flexibility index (Phi) is 4.76. The van der Waals surface area contributed by atoms with Crippen LogP contribution >= 0.6 is 22.6 Å². The van der Waals surface area contributed by atoms with Crippen molar-refractivity contribution in [2.45, 2.75) is 44.5 Å². The van der Waals surface area contributed by atoms with Gasteiger partial charge in [0.25, 0.3) is 5.91 Å². The SMILES string of the molecule is CC(C)(C)OC(=O)n1nc(I)c2ccc(C(=O)NS(=O)(=O)C3CC3)cc21. The normalized spacial score (nSPS) is 15.1. The highest BCUT2D eigenvalue weighted by atomic mass is 127. The molecule has 1 heterocycles. The maximum atomic E-state index is 12.4. The third kappa shape index (κ3) is 4.00. The maximum Gasteiger partial charge on any atom is 0.435 e. The summed E-state index contributed by atoms with van der Waals surface area (Å²) in [6.45, 7) is 5.22. The van der Waals surface area contributed by atoms with E-state index in [1.54, 1.807) is 26.8 Å². The molecule has 0 spiro atoms. The average molecular weight is 491 g/mol. The Hall–Kier alpha value is -1.69. The quantitative estimate of drug-likeness (QED) is 0.662. The lowest BCUT2D eigenvalue weighted by atomic mass is 10.1. The van der Waals surface area contributed by atoms with Crippen molar-refractivity contribution < 1.29 is 22.7 Å². The Bertz CT molecular complexity index is 1000. The summed E-state index contributed by atoms with van der Waals surface area (Å²) in [5.74, 6) is -0.731. The fourth-order valence-electron chi connectivity index (χ4n) is 2.31. The lowest BCUT2D eigenvalue weighted by Gasteiger charge is -2.19. The molecule has 1 fully saturated rings. The molecule has 10 heteroatoms. The topological polar surface area (TPSA) is 107 Å². The molecular formula is C16H18IN3O5S. The Morgan fingerprint density at radius 1 is 1.31 bits per heavy atom. The van der Waals surface area contributed by atoms with E-state index in [0.29, 0.717) is 27.4 Å². The summed E-state index contributed by atoms with van der Waals surface area (Å²) in [5, 5.41) is 4.33. The Morgan fingerprint density at radius 2 is 1.96 bits per heavy atom. The molecule has 3 rings (SSSR count). The average Bonchev–Trinajstić information content (AvgIpc) is 3.31. The van der Waals surface area contributed by atoms with Crippen molar-refractivity contribution in [2.75, 3.05) is 0 Å². The predicted octanol–water partition coefficient (Wildman–Crippen LogP) is 2.65. The number of benzene rings is 1. The van der Waals surface area contributed by atoms with E-state index in [-0.39, 0.29) is 5.56 Å². The summed E-state index contributed by atoms with van der Waals surface area (Å²) in [5.41, 5.74) is -0.198. The molecule has 26 heavy (non-hydrogen) atoms. The first-order valence-electron chi connectivity index (χ1n) is 7.95. The van der Waals surface area contributed by atoms with Crippen LogP contribution in [0.15, 0.2) is 18.2 Å². The fraction of sp³-hybridized carbons (Fsp3) is 0.438. The molecule has 140 valence electrons. The van der Waals surface area contributed by atoms with Crippen LogP contribution in [0.2, 0.25) is 0 Å². The van der Waals surface area contributed by atoms with E-state index in [2.05, 4.69) is 9.82 Å². The molecule has 1 amide bonds. The summed E-state index contributed by atoms with van der Waals surface area (Å²) in [7, 11) is -3.65. The Balaban J connectivity index is 1.95. The number of carbonyl (C=O) groups is 2. The number of carbonyl (C=O) groups excluding carboxylic acids is 2. The zero-order valence-electron chi connectivity index (χ0n) is 14.4. The molecule has 1 N–H and O–H groups in total. The number of fused-ring (bicyclic) bond motifs is 1. The van der Waals surface area contributed by atoms with Gasteiger partial charge in [-0.2, -0.15) is 9.78 Å². The van der Waals surface area contributed by atoms with E-state index in [0.717, 1.165) is 4.68 Å². The van der Waals surface area contributed by atoms with Gasteiger partial charge in [0.2, 0.25) is 10.0 Å². The van der Waals surface area contributed by atoms with E-state index < -0.39 is 32.9 Å². The maximum absolute atomic E-state index is 12.4. The molecule has 8 nitrogen and oxygen atoms in total.